The van der Waals surface area contributed by atoms with Crippen molar-refractivity contribution < 1.29 is 9.53 Å². The maximum atomic E-state index is 10.5. The number of rotatable bonds is 5. The lowest BCUT2D eigenvalue weighted by atomic mass is 10.1. The van der Waals surface area contributed by atoms with Crippen LogP contribution in [0.25, 0.3) is 22.2 Å². The first-order valence-electron chi connectivity index (χ1n) is 6.59. The molecule has 0 saturated carbocycles. The van der Waals surface area contributed by atoms with Gasteiger partial charge in [-0.15, -0.1) is 0 Å². The average molecular weight is 282 g/mol. The van der Waals surface area contributed by atoms with Gasteiger partial charge in [0.15, 0.2) is 0 Å². The van der Waals surface area contributed by atoms with Crippen molar-refractivity contribution in [1.29, 1.82) is 0 Å². The molecular weight excluding hydrogens is 268 g/mol. The molecule has 21 heavy (non-hydrogen) atoms. The van der Waals surface area contributed by atoms with Crippen LogP contribution in [0.2, 0.25) is 0 Å². The van der Waals surface area contributed by atoms with E-state index in [1.807, 2.05) is 37.3 Å². The molecule has 0 aliphatic heterocycles. The van der Waals surface area contributed by atoms with E-state index >= 15 is 0 Å². The molecule has 0 radical (unpaired) electrons. The van der Waals surface area contributed by atoms with Gasteiger partial charge in [-0.1, -0.05) is 0 Å². The lowest BCUT2D eigenvalue weighted by molar-refractivity contribution is -0.105. The van der Waals surface area contributed by atoms with E-state index < -0.39 is 0 Å². The molecule has 2 aromatic heterocycles. The summed E-state index contributed by atoms with van der Waals surface area (Å²) < 4.78 is 5.33. The summed E-state index contributed by atoms with van der Waals surface area (Å²) >= 11 is 0. The van der Waals surface area contributed by atoms with E-state index in [-0.39, 0.29) is 0 Å². The van der Waals surface area contributed by atoms with Crippen molar-refractivity contribution in [3.63, 3.8) is 0 Å². The second kappa shape index (κ2) is 5.62. The summed E-state index contributed by atoms with van der Waals surface area (Å²) in [6.07, 6.45) is 2.37. The third kappa shape index (κ3) is 2.55. The SMILES string of the molecule is CCOc1ccc(-c2n[nH]c3ccc(NC=O)cc23)cn1. The number of fused-ring (bicyclic) bond motifs is 1. The van der Waals surface area contributed by atoms with Crippen molar-refractivity contribution >= 4 is 23.0 Å². The molecule has 0 fully saturated rings. The Hall–Kier alpha value is -2.89. The first-order chi connectivity index (χ1) is 10.3. The highest BCUT2D eigenvalue weighted by molar-refractivity contribution is 5.95. The van der Waals surface area contributed by atoms with E-state index in [0.717, 1.165) is 27.8 Å². The number of hydrogen-bond donors (Lipinski definition) is 2. The minimum absolute atomic E-state index is 0.582. The zero-order valence-electron chi connectivity index (χ0n) is 11.5. The van der Waals surface area contributed by atoms with Crippen molar-refractivity contribution in [2.24, 2.45) is 0 Å². The molecule has 2 N–H and O–H groups in total. The standard InChI is InChI=1S/C15H14N4O2/c1-2-21-14-6-3-10(8-16-14)15-12-7-11(17-9-20)4-5-13(12)18-19-15/h3-9H,2H2,1H3,(H,17,20)(H,18,19). The molecule has 6 nitrogen and oxygen atoms in total. The fourth-order valence-corrected chi connectivity index (χ4v) is 2.15. The van der Waals surface area contributed by atoms with E-state index in [4.69, 9.17) is 4.74 Å². The molecule has 0 aliphatic carbocycles. The number of carbonyl (C=O) groups is 1. The van der Waals surface area contributed by atoms with Crippen molar-refractivity contribution in [2.75, 3.05) is 11.9 Å². The molecule has 0 saturated heterocycles. The molecule has 0 bridgehead atoms. The first-order valence-corrected chi connectivity index (χ1v) is 6.59. The van der Waals surface area contributed by atoms with E-state index in [1.54, 1.807) is 6.20 Å². The van der Waals surface area contributed by atoms with Gasteiger partial charge in [0.1, 0.15) is 5.69 Å². The zero-order valence-corrected chi connectivity index (χ0v) is 11.5. The third-order valence-electron chi connectivity index (χ3n) is 3.09. The summed E-state index contributed by atoms with van der Waals surface area (Å²) in [7, 11) is 0. The van der Waals surface area contributed by atoms with Crippen molar-refractivity contribution in [1.82, 2.24) is 15.2 Å². The Morgan fingerprint density at radius 1 is 1.33 bits per heavy atom. The molecule has 0 unspecified atom stereocenters. The predicted molar refractivity (Wildman–Crippen MR) is 80.2 cm³/mol. The fourth-order valence-electron chi connectivity index (χ4n) is 2.15. The zero-order chi connectivity index (χ0) is 14.7. The number of aromatic nitrogens is 3. The number of nitrogens with zero attached hydrogens (tertiary/aromatic N) is 2. The van der Waals surface area contributed by atoms with Gasteiger partial charge < -0.3 is 10.1 Å². The Bertz CT molecular complexity index is 765. The number of aromatic amines is 1. The van der Waals surface area contributed by atoms with Crippen LogP contribution in [0.1, 0.15) is 6.92 Å². The van der Waals surface area contributed by atoms with Gasteiger partial charge >= 0.3 is 0 Å². The van der Waals surface area contributed by atoms with Crippen molar-refractivity contribution in [3.8, 4) is 17.1 Å². The van der Waals surface area contributed by atoms with E-state index in [2.05, 4.69) is 20.5 Å². The highest BCUT2D eigenvalue weighted by Crippen LogP contribution is 2.28. The van der Waals surface area contributed by atoms with Gasteiger partial charge in [0.25, 0.3) is 0 Å². The molecule has 0 atom stereocenters. The number of hydrogen-bond acceptors (Lipinski definition) is 4. The Kier molecular flexibility index (Phi) is 3.51. The average Bonchev–Trinajstić information content (AvgIpc) is 2.92. The van der Waals surface area contributed by atoms with E-state index in [0.29, 0.717) is 18.9 Å². The first kappa shape index (κ1) is 13.1. The summed E-state index contributed by atoms with van der Waals surface area (Å²) in [6.45, 7) is 2.50. The summed E-state index contributed by atoms with van der Waals surface area (Å²) in [5.41, 5.74) is 3.29. The Morgan fingerprint density at radius 2 is 2.24 bits per heavy atom. The molecule has 2 heterocycles. The van der Waals surface area contributed by atoms with Crippen LogP contribution in [0, 0.1) is 0 Å². The predicted octanol–water partition coefficient (Wildman–Crippen LogP) is 2.59. The van der Waals surface area contributed by atoms with Crippen LogP contribution >= 0.6 is 0 Å². The Labute approximate surface area is 121 Å². The summed E-state index contributed by atoms with van der Waals surface area (Å²) in [5, 5.41) is 10.9. The fraction of sp³-hybridized carbons (Fsp3) is 0.133. The number of nitrogens with one attached hydrogen (secondary N) is 2. The van der Waals surface area contributed by atoms with Crippen molar-refractivity contribution in [3.05, 3.63) is 36.5 Å². The topological polar surface area (TPSA) is 79.9 Å². The maximum Gasteiger partial charge on any atom is 0.213 e. The highest BCUT2D eigenvalue weighted by Gasteiger charge is 2.09. The van der Waals surface area contributed by atoms with Gasteiger partial charge in [-0.2, -0.15) is 5.10 Å². The Morgan fingerprint density at radius 3 is 2.95 bits per heavy atom. The van der Waals surface area contributed by atoms with Crippen LogP contribution in [0.5, 0.6) is 5.88 Å². The largest absolute Gasteiger partial charge is 0.478 e. The smallest absolute Gasteiger partial charge is 0.213 e. The molecule has 0 aliphatic rings. The van der Waals surface area contributed by atoms with Crippen LogP contribution in [0.3, 0.4) is 0 Å². The number of benzene rings is 1. The van der Waals surface area contributed by atoms with Gasteiger partial charge in [0, 0.05) is 28.9 Å². The second-order valence-electron chi connectivity index (χ2n) is 4.41. The van der Waals surface area contributed by atoms with E-state index in [9.17, 15) is 4.79 Å². The monoisotopic (exact) mass is 282 g/mol. The van der Waals surface area contributed by atoms with Gasteiger partial charge in [-0.05, 0) is 31.2 Å². The van der Waals surface area contributed by atoms with Gasteiger partial charge in [0.2, 0.25) is 12.3 Å². The molecule has 0 spiro atoms. The molecule has 6 heteroatoms. The van der Waals surface area contributed by atoms with Crippen LogP contribution in [-0.4, -0.2) is 28.2 Å². The third-order valence-corrected chi connectivity index (χ3v) is 3.09. The molecule has 1 aromatic carbocycles. The summed E-state index contributed by atoms with van der Waals surface area (Å²) in [6, 6.07) is 9.29. The van der Waals surface area contributed by atoms with Crippen LogP contribution in [0.15, 0.2) is 36.5 Å². The number of H-pyrrole nitrogens is 1. The van der Waals surface area contributed by atoms with Gasteiger partial charge in [0.05, 0.1) is 12.1 Å². The maximum absolute atomic E-state index is 10.5. The second-order valence-corrected chi connectivity index (χ2v) is 4.41. The van der Waals surface area contributed by atoms with Crippen molar-refractivity contribution in [2.45, 2.75) is 6.92 Å². The van der Waals surface area contributed by atoms with Crippen LogP contribution < -0.4 is 10.1 Å². The lowest BCUT2D eigenvalue weighted by Crippen LogP contribution is -1.94. The lowest BCUT2D eigenvalue weighted by Gasteiger charge is -2.03. The summed E-state index contributed by atoms with van der Waals surface area (Å²) in [5.74, 6) is 0.587. The highest BCUT2D eigenvalue weighted by atomic mass is 16.5. The quantitative estimate of drug-likeness (QED) is 0.705. The number of amides is 1. The normalized spacial score (nSPS) is 10.5. The van der Waals surface area contributed by atoms with Gasteiger partial charge in [-0.25, -0.2) is 4.98 Å². The Balaban J connectivity index is 2.02. The molecule has 106 valence electrons. The number of ether oxygens (including phenoxy) is 1. The van der Waals surface area contributed by atoms with E-state index in [1.165, 1.54) is 0 Å². The number of pyridine rings is 1. The number of anilines is 1. The molecular formula is C15H14N4O2. The molecule has 3 rings (SSSR count). The summed E-state index contributed by atoms with van der Waals surface area (Å²) in [4.78, 5) is 14.8. The molecule has 1 amide bonds. The van der Waals surface area contributed by atoms with Crippen LogP contribution in [-0.2, 0) is 4.79 Å². The minimum atomic E-state index is 0.582. The van der Waals surface area contributed by atoms with Crippen LogP contribution in [0.4, 0.5) is 5.69 Å². The molecule has 3 aromatic rings. The minimum Gasteiger partial charge on any atom is -0.478 e. The number of carbonyl (C=O) groups excluding carboxylic acids is 1. The van der Waals surface area contributed by atoms with Gasteiger partial charge in [-0.3, -0.25) is 9.89 Å².